The summed E-state index contributed by atoms with van der Waals surface area (Å²) in [5.41, 5.74) is 7.87. The van der Waals surface area contributed by atoms with Crippen molar-refractivity contribution in [3.63, 3.8) is 0 Å². The van der Waals surface area contributed by atoms with Crippen LogP contribution in [-0.2, 0) is 4.79 Å². The monoisotopic (exact) mass is 489 g/mol. The quantitative estimate of drug-likeness (QED) is 0.472. The molecule has 12 heteroatoms. The van der Waals surface area contributed by atoms with Crippen molar-refractivity contribution in [2.45, 2.75) is 38.8 Å². The van der Waals surface area contributed by atoms with Gasteiger partial charge in [0.1, 0.15) is 12.2 Å². The molecule has 0 saturated carbocycles. The lowest BCUT2D eigenvalue weighted by atomic mass is 9.79. The number of rotatable bonds is 5. The molecule has 2 fully saturated rings. The molecule has 0 bridgehead atoms. The third kappa shape index (κ3) is 4.07. The van der Waals surface area contributed by atoms with Crippen LogP contribution in [0.1, 0.15) is 42.6 Å². The van der Waals surface area contributed by atoms with Gasteiger partial charge in [0.2, 0.25) is 5.95 Å². The van der Waals surface area contributed by atoms with Crippen molar-refractivity contribution in [1.29, 1.82) is 5.26 Å². The van der Waals surface area contributed by atoms with Crippen LogP contribution in [0.25, 0.3) is 5.52 Å². The Hall–Kier alpha value is -4.24. The highest BCUT2D eigenvalue weighted by Gasteiger charge is 2.38. The first-order valence-corrected chi connectivity index (χ1v) is 11.7. The highest BCUT2D eigenvalue weighted by molar-refractivity contribution is 6.03. The fourth-order valence-electron chi connectivity index (χ4n) is 4.96. The second kappa shape index (κ2) is 8.76. The van der Waals surface area contributed by atoms with E-state index < -0.39 is 12.0 Å². The molecule has 3 aromatic heterocycles. The number of hydrogen-bond donors (Lipinski definition) is 3. The van der Waals surface area contributed by atoms with Gasteiger partial charge in [-0.15, -0.1) is 0 Å². The maximum Gasteiger partial charge on any atom is 0.255 e. The Morgan fingerprint density at radius 2 is 2.00 bits per heavy atom. The van der Waals surface area contributed by atoms with Crippen LogP contribution >= 0.6 is 0 Å². The van der Waals surface area contributed by atoms with Crippen molar-refractivity contribution in [2.24, 2.45) is 11.1 Å². The summed E-state index contributed by atoms with van der Waals surface area (Å²) in [6.07, 6.45) is 6.25. The summed E-state index contributed by atoms with van der Waals surface area (Å²) in [4.78, 5) is 36.9. The van der Waals surface area contributed by atoms with E-state index in [2.05, 4.69) is 39.1 Å². The number of hydrogen-bond acceptors (Lipinski definition) is 9. The molecule has 3 aromatic rings. The fourth-order valence-corrected chi connectivity index (χ4v) is 4.96. The van der Waals surface area contributed by atoms with E-state index in [1.54, 1.807) is 16.8 Å². The number of amides is 2. The minimum Gasteiger partial charge on any atom is -0.383 e. The first-order valence-electron chi connectivity index (χ1n) is 11.7. The summed E-state index contributed by atoms with van der Waals surface area (Å²) in [6, 6.07) is 3.79. The predicted molar refractivity (Wildman–Crippen MR) is 131 cm³/mol. The molecule has 2 aliphatic heterocycles. The van der Waals surface area contributed by atoms with Crippen LogP contribution < -0.4 is 20.9 Å². The molecule has 2 atom stereocenters. The zero-order valence-corrected chi connectivity index (χ0v) is 20.0. The van der Waals surface area contributed by atoms with Gasteiger partial charge in [-0.05, 0) is 12.5 Å². The first kappa shape index (κ1) is 23.5. The van der Waals surface area contributed by atoms with E-state index in [0.717, 1.165) is 6.42 Å². The number of aromatic nitrogens is 4. The van der Waals surface area contributed by atoms with Gasteiger partial charge >= 0.3 is 0 Å². The minimum atomic E-state index is -1.01. The Morgan fingerprint density at radius 3 is 2.61 bits per heavy atom. The normalized spacial score (nSPS) is 21.6. The number of carbonyl (C=O) groups is 2. The number of fused-ring (bicyclic) bond motifs is 1. The topological polar surface area (TPSA) is 166 Å². The summed E-state index contributed by atoms with van der Waals surface area (Å²) in [5.74, 6) is -0.392. The molecule has 36 heavy (non-hydrogen) atoms. The van der Waals surface area contributed by atoms with E-state index in [4.69, 9.17) is 11.0 Å². The van der Waals surface area contributed by atoms with Crippen LogP contribution in [0.15, 0.2) is 30.9 Å². The van der Waals surface area contributed by atoms with E-state index in [9.17, 15) is 14.7 Å². The molecular weight excluding hydrogens is 462 g/mol. The zero-order chi connectivity index (χ0) is 25.6. The lowest BCUT2D eigenvalue weighted by Crippen LogP contribution is -2.52. The van der Waals surface area contributed by atoms with Gasteiger partial charge in [-0.25, -0.2) is 14.5 Å². The standard InChI is InChI=1S/C24H27N9O3/c1-24(2)13-31(23-27-9-14(8-25)10-28-23)5-4-19(24)30-20-16(21(26)35)11-29-33-12-15(7-17(20)33)32-6-3-18(34)22(32)36/h7,9-12,18-19,30,34H,3-6,13H2,1-2H3,(H2,26,35). The van der Waals surface area contributed by atoms with E-state index in [0.29, 0.717) is 54.5 Å². The van der Waals surface area contributed by atoms with Gasteiger partial charge in [-0.3, -0.25) is 9.59 Å². The summed E-state index contributed by atoms with van der Waals surface area (Å²) >= 11 is 0. The molecule has 0 aromatic carbocycles. The molecule has 12 nitrogen and oxygen atoms in total. The Labute approximate surface area is 207 Å². The number of carbonyl (C=O) groups excluding carboxylic acids is 2. The third-order valence-electron chi connectivity index (χ3n) is 6.98. The molecular formula is C24H27N9O3. The van der Waals surface area contributed by atoms with E-state index in [1.807, 2.05) is 6.07 Å². The molecule has 0 radical (unpaired) electrons. The molecule has 186 valence electrons. The second-order valence-corrected chi connectivity index (χ2v) is 9.90. The van der Waals surface area contributed by atoms with Crippen LogP contribution in [0.4, 0.5) is 17.3 Å². The van der Waals surface area contributed by atoms with E-state index >= 15 is 0 Å². The average molecular weight is 490 g/mol. The number of aliphatic hydroxyl groups excluding tert-OH is 1. The van der Waals surface area contributed by atoms with Gasteiger partial charge in [0, 0.05) is 37.5 Å². The Kier molecular flexibility index (Phi) is 5.72. The highest BCUT2D eigenvalue weighted by atomic mass is 16.3. The number of piperidine rings is 1. The maximum atomic E-state index is 12.4. The molecule has 5 rings (SSSR count). The molecule has 5 heterocycles. The van der Waals surface area contributed by atoms with Crippen LogP contribution in [0, 0.1) is 16.7 Å². The summed E-state index contributed by atoms with van der Waals surface area (Å²) < 4.78 is 1.61. The molecule has 2 unspecified atom stereocenters. The Bertz CT molecular complexity index is 1380. The Balaban J connectivity index is 1.44. The van der Waals surface area contributed by atoms with Crippen molar-refractivity contribution in [3.05, 3.63) is 42.0 Å². The number of nitrogens with zero attached hydrogens (tertiary/aromatic N) is 7. The Morgan fingerprint density at radius 1 is 1.25 bits per heavy atom. The fraction of sp³-hybridized carbons (Fsp3) is 0.417. The number of aliphatic hydroxyl groups is 1. The van der Waals surface area contributed by atoms with Crippen LogP contribution in [0.3, 0.4) is 0 Å². The van der Waals surface area contributed by atoms with Crippen LogP contribution in [0.5, 0.6) is 0 Å². The zero-order valence-electron chi connectivity index (χ0n) is 20.0. The number of anilines is 3. The molecule has 0 spiro atoms. The lowest BCUT2D eigenvalue weighted by Gasteiger charge is -2.45. The van der Waals surface area contributed by atoms with Gasteiger partial charge < -0.3 is 26.0 Å². The van der Waals surface area contributed by atoms with Crippen molar-refractivity contribution in [3.8, 4) is 6.07 Å². The maximum absolute atomic E-state index is 12.4. The van der Waals surface area contributed by atoms with Crippen molar-refractivity contribution in [1.82, 2.24) is 19.6 Å². The predicted octanol–water partition coefficient (Wildman–Crippen LogP) is 0.909. The smallest absolute Gasteiger partial charge is 0.255 e. The largest absolute Gasteiger partial charge is 0.383 e. The molecule has 2 amide bonds. The molecule has 4 N–H and O–H groups in total. The van der Waals surface area contributed by atoms with Crippen LogP contribution in [0.2, 0.25) is 0 Å². The highest BCUT2D eigenvalue weighted by Crippen LogP contribution is 2.36. The van der Waals surface area contributed by atoms with E-state index in [-0.39, 0.29) is 22.9 Å². The molecule has 2 aliphatic rings. The van der Waals surface area contributed by atoms with Crippen molar-refractivity contribution < 1.29 is 14.7 Å². The SMILES string of the molecule is CC1(C)CN(c2ncc(C#N)cn2)CCC1Nc1c(C(N)=O)cnn2cc(N3CCC(O)C3=O)cc12. The van der Waals surface area contributed by atoms with Crippen LogP contribution in [-0.4, -0.2) is 68.3 Å². The van der Waals surface area contributed by atoms with E-state index in [1.165, 1.54) is 23.5 Å². The number of primary amides is 1. The number of nitriles is 1. The van der Waals surface area contributed by atoms with Crippen molar-refractivity contribution in [2.75, 3.05) is 34.8 Å². The third-order valence-corrected chi connectivity index (χ3v) is 6.98. The number of nitrogens with two attached hydrogens (primary N) is 1. The van der Waals surface area contributed by atoms with Crippen molar-refractivity contribution >= 4 is 34.7 Å². The minimum absolute atomic E-state index is 0.0231. The van der Waals surface area contributed by atoms with Gasteiger partial charge in [-0.2, -0.15) is 10.4 Å². The summed E-state index contributed by atoms with van der Waals surface area (Å²) in [5, 5.41) is 26.7. The van der Waals surface area contributed by atoms with Gasteiger partial charge in [0.05, 0.1) is 52.8 Å². The molecule has 2 saturated heterocycles. The van der Waals surface area contributed by atoms with Gasteiger partial charge in [-0.1, -0.05) is 13.8 Å². The van der Waals surface area contributed by atoms with Gasteiger partial charge in [0.25, 0.3) is 11.8 Å². The average Bonchev–Trinajstić information content (AvgIpc) is 3.43. The van der Waals surface area contributed by atoms with Gasteiger partial charge in [0.15, 0.2) is 0 Å². The number of nitrogens with one attached hydrogen (secondary N) is 1. The molecule has 0 aliphatic carbocycles. The summed E-state index contributed by atoms with van der Waals surface area (Å²) in [6.45, 7) is 5.97. The first-order chi connectivity index (χ1) is 17.2. The second-order valence-electron chi connectivity index (χ2n) is 9.90. The summed E-state index contributed by atoms with van der Waals surface area (Å²) in [7, 11) is 0. The lowest BCUT2D eigenvalue weighted by molar-refractivity contribution is -0.123.